The van der Waals surface area contributed by atoms with Crippen molar-refractivity contribution in [3.05, 3.63) is 18.2 Å². The van der Waals surface area contributed by atoms with Crippen LogP contribution in [0.25, 0.3) is 0 Å². The van der Waals surface area contributed by atoms with Crippen LogP contribution < -0.4 is 21.7 Å². The minimum Gasteiger partial charge on any atom is -0.480 e. The predicted molar refractivity (Wildman–Crippen MR) is 108 cm³/mol. The Morgan fingerprint density at radius 1 is 1.14 bits per heavy atom. The van der Waals surface area contributed by atoms with Crippen LogP contribution in [0, 0.1) is 5.92 Å². The molecule has 0 aliphatic heterocycles. The van der Waals surface area contributed by atoms with Gasteiger partial charge in [-0.15, -0.1) is 0 Å². The van der Waals surface area contributed by atoms with Crippen molar-refractivity contribution in [2.75, 3.05) is 12.3 Å². The molecule has 0 aliphatic rings. The molecule has 0 saturated carbocycles. The van der Waals surface area contributed by atoms with Crippen LogP contribution in [0.3, 0.4) is 0 Å². The molecule has 0 aromatic carbocycles. The van der Waals surface area contributed by atoms with Crippen molar-refractivity contribution >= 4 is 36.3 Å². The number of imidazole rings is 1. The van der Waals surface area contributed by atoms with E-state index in [0.29, 0.717) is 12.1 Å². The Balaban J connectivity index is 2.98. The minimum atomic E-state index is -1.24. The van der Waals surface area contributed by atoms with Gasteiger partial charge in [0, 0.05) is 24.1 Å². The smallest absolute Gasteiger partial charge is 0.327 e. The number of nitrogens with two attached hydrogens (primary N) is 1. The maximum atomic E-state index is 12.8. The summed E-state index contributed by atoms with van der Waals surface area (Å²) in [6.45, 7) is 3.49. The molecule has 29 heavy (non-hydrogen) atoms. The zero-order valence-electron chi connectivity index (χ0n) is 16.3. The second kappa shape index (κ2) is 12.1. The van der Waals surface area contributed by atoms with E-state index < -0.39 is 41.8 Å². The van der Waals surface area contributed by atoms with Gasteiger partial charge in [0.05, 0.1) is 12.9 Å². The lowest BCUT2D eigenvalue weighted by Gasteiger charge is -2.24. The van der Waals surface area contributed by atoms with Crippen molar-refractivity contribution in [3.63, 3.8) is 0 Å². The molecule has 0 bridgehead atoms. The highest BCUT2D eigenvalue weighted by molar-refractivity contribution is 7.80. The number of carbonyl (C=O) groups excluding carboxylic acids is 3. The third-order valence-electron chi connectivity index (χ3n) is 3.95. The van der Waals surface area contributed by atoms with Gasteiger partial charge in [0.1, 0.15) is 18.1 Å². The van der Waals surface area contributed by atoms with Crippen LogP contribution in [0.1, 0.15) is 26.0 Å². The molecule has 162 valence electrons. The van der Waals surface area contributed by atoms with Gasteiger partial charge in [-0.1, -0.05) is 13.8 Å². The number of amides is 3. The van der Waals surface area contributed by atoms with E-state index in [4.69, 9.17) is 10.8 Å². The van der Waals surface area contributed by atoms with Gasteiger partial charge in [0.15, 0.2) is 0 Å². The number of H-pyrrole nitrogens is 1. The summed E-state index contributed by atoms with van der Waals surface area (Å²) < 4.78 is 0. The summed E-state index contributed by atoms with van der Waals surface area (Å²) in [6.07, 6.45) is 3.30. The maximum Gasteiger partial charge on any atom is 0.327 e. The number of hydrogen-bond donors (Lipinski definition) is 7. The maximum absolute atomic E-state index is 12.8. The number of carboxylic acid groups (broad SMARTS) is 1. The van der Waals surface area contributed by atoms with Crippen LogP contribution >= 0.6 is 12.6 Å². The molecule has 3 amide bonds. The zero-order chi connectivity index (χ0) is 22.0. The second-order valence-electron chi connectivity index (χ2n) is 6.88. The fourth-order valence-corrected chi connectivity index (χ4v) is 2.76. The van der Waals surface area contributed by atoms with Crippen molar-refractivity contribution in [1.29, 1.82) is 0 Å². The predicted octanol–water partition coefficient (Wildman–Crippen LogP) is -1.57. The van der Waals surface area contributed by atoms with Crippen LogP contribution in [-0.4, -0.2) is 69.2 Å². The first-order valence-corrected chi connectivity index (χ1v) is 9.72. The SMILES string of the molecule is CC(C)CC(NC(=O)CN)C(=O)NC(Cc1cnc[nH]1)C(=O)NC(CS)C(=O)O. The van der Waals surface area contributed by atoms with Crippen molar-refractivity contribution in [2.45, 2.75) is 44.8 Å². The fourth-order valence-electron chi connectivity index (χ4n) is 2.51. The summed E-state index contributed by atoms with van der Waals surface area (Å²) in [4.78, 5) is 54.9. The Labute approximate surface area is 174 Å². The van der Waals surface area contributed by atoms with E-state index in [-0.39, 0.29) is 24.6 Å². The molecule has 7 N–H and O–H groups in total. The van der Waals surface area contributed by atoms with Crippen molar-refractivity contribution in [2.24, 2.45) is 11.7 Å². The van der Waals surface area contributed by atoms with Gasteiger partial charge in [0.25, 0.3) is 0 Å². The quantitative estimate of drug-likeness (QED) is 0.196. The normalized spacial score (nSPS) is 14.0. The molecule has 0 fully saturated rings. The lowest BCUT2D eigenvalue weighted by atomic mass is 10.0. The van der Waals surface area contributed by atoms with E-state index in [1.54, 1.807) is 0 Å². The number of nitrogens with zero attached hydrogens (tertiary/aromatic N) is 1. The summed E-state index contributed by atoms with van der Waals surface area (Å²) in [5.74, 6) is -3.03. The van der Waals surface area contributed by atoms with Crippen LogP contribution in [0.4, 0.5) is 0 Å². The third-order valence-corrected chi connectivity index (χ3v) is 4.32. The number of thiol groups is 1. The van der Waals surface area contributed by atoms with Crippen LogP contribution in [0.5, 0.6) is 0 Å². The lowest BCUT2D eigenvalue weighted by Crippen LogP contribution is -2.57. The number of carboxylic acids is 1. The summed E-state index contributed by atoms with van der Waals surface area (Å²) in [5.41, 5.74) is 5.87. The summed E-state index contributed by atoms with van der Waals surface area (Å²) >= 11 is 3.92. The van der Waals surface area contributed by atoms with Crippen molar-refractivity contribution in [3.8, 4) is 0 Å². The Kier molecular flexibility index (Phi) is 10.2. The number of aromatic amines is 1. The number of nitrogens with one attached hydrogen (secondary N) is 4. The molecule has 0 aliphatic carbocycles. The Morgan fingerprint density at radius 2 is 1.76 bits per heavy atom. The molecule has 1 rings (SSSR count). The molecule has 1 heterocycles. The summed E-state index contributed by atoms with van der Waals surface area (Å²) in [7, 11) is 0. The number of aromatic nitrogens is 2. The van der Waals surface area contributed by atoms with Gasteiger partial charge in [-0.25, -0.2) is 9.78 Å². The average Bonchev–Trinajstić information content (AvgIpc) is 3.16. The van der Waals surface area contributed by atoms with Gasteiger partial charge in [-0.2, -0.15) is 12.6 Å². The first kappa shape index (κ1) is 24.4. The van der Waals surface area contributed by atoms with Gasteiger partial charge < -0.3 is 31.8 Å². The third kappa shape index (κ3) is 8.52. The molecule has 1 aromatic heterocycles. The zero-order valence-corrected chi connectivity index (χ0v) is 17.2. The van der Waals surface area contributed by atoms with E-state index in [0.717, 1.165) is 0 Å². The minimum absolute atomic E-state index is 0.0513. The Morgan fingerprint density at radius 3 is 2.24 bits per heavy atom. The van der Waals surface area contributed by atoms with Crippen LogP contribution in [0.2, 0.25) is 0 Å². The van der Waals surface area contributed by atoms with Crippen molar-refractivity contribution < 1.29 is 24.3 Å². The van der Waals surface area contributed by atoms with Crippen LogP contribution in [-0.2, 0) is 25.6 Å². The largest absolute Gasteiger partial charge is 0.480 e. The molecule has 11 nitrogen and oxygen atoms in total. The highest BCUT2D eigenvalue weighted by atomic mass is 32.1. The van der Waals surface area contributed by atoms with E-state index in [9.17, 15) is 19.2 Å². The standard InChI is InChI=1S/C17H28N6O5S/c1-9(2)3-11(21-14(24)5-18)15(25)22-12(4-10-6-19-8-20-10)16(26)23-13(7-29)17(27)28/h6,8-9,11-13,29H,3-5,7,18H2,1-2H3,(H,19,20)(H,21,24)(H,22,25)(H,23,26)(H,27,28). The highest BCUT2D eigenvalue weighted by Gasteiger charge is 2.29. The number of hydrogen-bond acceptors (Lipinski definition) is 7. The number of aliphatic carboxylic acids is 1. The van der Waals surface area contributed by atoms with Gasteiger partial charge in [0.2, 0.25) is 17.7 Å². The first-order valence-electron chi connectivity index (χ1n) is 9.09. The molecule has 0 saturated heterocycles. The topological polar surface area (TPSA) is 179 Å². The van der Waals surface area contributed by atoms with Gasteiger partial charge in [-0.05, 0) is 12.3 Å². The number of rotatable bonds is 12. The van der Waals surface area contributed by atoms with E-state index in [1.165, 1.54) is 12.5 Å². The van der Waals surface area contributed by atoms with Gasteiger partial charge in [-0.3, -0.25) is 14.4 Å². The lowest BCUT2D eigenvalue weighted by molar-refractivity contribution is -0.141. The van der Waals surface area contributed by atoms with E-state index in [1.807, 2.05) is 13.8 Å². The van der Waals surface area contributed by atoms with E-state index in [2.05, 4.69) is 38.5 Å². The van der Waals surface area contributed by atoms with E-state index >= 15 is 0 Å². The average molecular weight is 429 g/mol. The highest BCUT2D eigenvalue weighted by Crippen LogP contribution is 2.07. The Hall–Kier alpha value is -2.60. The molecular weight excluding hydrogens is 400 g/mol. The summed E-state index contributed by atoms with van der Waals surface area (Å²) in [5, 5.41) is 16.6. The van der Waals surface area contributed by atoms with Gasteiger partial charge >= 0.3 is 5.97 Å². The molecule has 3 atom stereocenters. The van der Waals surface area contributed by atoms with Crippen molar-refractivity contribution in [1.82, 2.24) is 25.9 Å². The molecule has 0 spiro atoms. The molecule has 3 unspecified atom stereocenters. The molecule has 1 aromatic rings. The summed E-state index contributed by atoms with van der Waals surface area (Å²) in [6, 6.07) is -3.19. The fraction of sp³-hybridized carbons (Fsp3) is 0.588. The first-order chi connectivity index (χ1) is 13.7. The number of carbonyl (C=O) groups is 4. The Bertz CT molecular complexity index is 696. The monoisotopic (exact) mass is 428 g/mol. The molecule has 12 heteroatoms. The van der Waals surface area contributed by atoms with Crippen LogP contribution in [0.15, 0.2) is 12.5 Å². The molecule has 0 radical (unpaired) electrons. The molecular formula is C17H28N6O5S. The second-order valence-corrected chi connectivity index (χ2v) is 7.24.